The van der Waals surface area contributed by atoms with Crippen LogP contribution in [-0.4, -0.2) is 39.5 Å². The van der Waals surface area contributed by atoms with Crippen molar-refractivity contribution in [1.29, 1.82) is 0 Å². The first-order chi connectivity index (χ1) is 7.86. The van der Waals surface area contributed by atoms with Gasteiger partial charge in [-0.1, -0.05) is 26.2 Å². The average Bonchev–Trinajstić information content (AvgIpc) is 2.34. The van der Waals surface area contributed by atoms with Crippen LogP contribution >= 0.6 is 0 Å². The number of hydrogen-bond donors (Lipinski definition) is 1. The second kappa shape index (κ2) is 8.97. The maximum Gasteiger partial charge on any atom is 0.0932 e. The minimum Gasteiger partial charge on any atom is -0.382 e. The molecule has 3 nitrogen and oxygen atoms in total. The summed E-state index contributed by atoms with van der Waals surface area (Å²) in [5, 5.41) is 3.32. The van der Waals surface area contributed by atoms with E-state index in [4.69, 9.17) is 9.47 Å². The third kappa shape index (κ3) is 5.83. The summed E-state index contributed by atoms with van der Waals surface area (Å²) in [5.74, 6) is 0.787. The van der Waals surface area contributed by atoms with Crippen LogP contribution in [0.5, 0.6) is 0 Å². The Morgan fingerprint density at radius 3 is 2.62 bits per heavy atom. The fraction of sp³-hybridized carbons (Fsp3) is 1.00. The molecule has 96 valence electrons. The molecule has 0 heterocycles. The summed E-state index contributed by atoms with van der Waals surface area (Å²) in [6, 6.07) is 0. The highest BCUT2D eigenvalue weighted by atomic mass is 16.5. The Morgan fingerprint density at radius 1 is 1.25 bits per heavy atom. The molecule has 0 aromatic rings. The Balaban J connectivity index is 2.14. The highest BCUT2D eigenvalue weighted by Crippen LogP contribution is 2.23. The number of ether oxygens (including phenoxy) is 2. The van der Waals surface area contributed by atoms with Crippen LogP contribution < -0.4 is 5.32 Å². The lowest BCUT2D eigenvalue weighted by molar-refractivity contribution is -0.0204. The number of hydrogen-bond acceptors (Lipinski definition) is 3. The van der Waals surface area contributed by atoms with Crippen LogP contribution in [0.15, 0.2) is 0 Å². The Hall–Kier alpha value is -0.120. The predicted molar refractivity (Wildman–Crippen MR) is 66.7 cm³/mol. The second-order valence-electron chi connectivity index (χ2n) is 4.72. The molecule has 1 atom stereocenters. The van der Waals surface area contributed by atoms with E-state index in [2.05, 4.69) is 12.2 Å². The summed E-state index contributed by atoms with van der Waals surface area (Å²) in [5.41, 5.74) is 0. The summed E-state index contributed by atoms with van der Waals surface area (Å²) in [6.45, 7) is 5.62. The van der Waals surface area contributed by atoms with E-state index in [0.29, 0.717) is 6.61 Å². The first-order valence-corrected chi connectivity index (χ1v) is 6.68. The number of methoxy groups -OCH3 is 1. The molecular formula is C13H27NO2. The Bertz CT molecular complexity index is 158. The van der Waals surface area contributed by atoms with Gasteiger partial charge in [0, 0.05) is 20.3 Å². The third-order valence-corrected chi connectivity index (χ3v) is 3.27. The molecule has 0 amide bonds. The van der Waals surface area contributed by atoms with Crippen molar-refractivity contribution >= 4 is 0 Å². The highest BCUT2D eigenvalue weighted by Gasteiger charge is 2.16. The molecule has 16 heavy (non-hydrogen) atoms. The maximum absolute atomic E-state index is 5.94. The molecule has 0 aromatic carbocycles. The van der Waals surface area contributed by atoms with Gasteiger partial charge in [-0.3, -0.25) is 0 Å². The van der Waals surface area contributed by atoms with Crippen LogP contribution in [0.25, 0.3) is 0 Å². The fourth-order valence-corrected chi connectivity index (χ4v) is 2.28. The lowest BCUT2D eigenvalue weighted by Gasteiger charge is -2.24. The maximum atomic E-state index is 5.94. The van der Waals surface area contributed by atoms with Gasteiger partial charge >= 0.3 is 0 Å². The van der Waals surface area contributed by atoms with Crippen molar-refractivity contribution in [1.82, 2.24) is 5.32 Å². The third-order valence-electron chi connectivity index (χ3n) is 3.27. The zero-order valence-electron chi connectivity index (χ0n) is 10.8. The molecule has 0 aliphatic heterocycles. The average molecular weight is 229 g/mol. The number of likely N-dealkylation sites (N-methyl/N-ethyl adjacent to an activating group) is 1. The summed E-state index contributed by atoms with van der Waals surface area (Å²) < 4.78 is 11.1. The zero-order chi connectivity index (χ0) is 11.6. The van der Waals surface area contributed by atoms with Crippen LogP contribution in [0, 0.1) is 5.92 Å². The first kappa shape index (κ1) is 13.9. The highest BCUT2D eigenvalue weighted by molar-refractivity contribution is 4.67. The molecule has 1 N–H and O–H groups in total. The van der Waals surface area contributed by atoms with Crippen molar-refractivity contribution in [3.63, 3.8) is 0 Å². The largest absolute Gasteiger partial charge is 0.382 e. The normalized spacial score (nSPS) is 19.9. The van der Waals surface area contributed by atoms with Crippen molar-refractivity contribution in [2.45, 2.75) is 45.1 Å². The van der Waals surface area contributed by atoms with E-state index in [1.165, 1.54) is 32.1 Å². The van der Waals surface area contributed by atoms with E-state index in [-0.39, 0.29) is 6.10 Å². The van der Waals surface area contributed by atoms with Gasteiger partial charge in [-0.25, -0.2) is 0 Å². The molecule has 1 saturated carbocycles. The second-order valence-corrected chi connectivity index (χ2v) is 4.72. The molecule has 3 heteroatoms. The number of nitrogens with one attached hydrogen (secondary N) is 1. The molecule has 1 aliphatic rings. The van der Waals surface area contributed by atoms with Crippen molar-refractivity contribution in [2.24, 2.45) is 5.92 Å². The monoisotopic (exact) mass is 229 g/mol. The van der Waals surface area contributed by atoms with Crippen molar-refractivity contribution in [3.05, 3.63) is 0 Å². The quantitative estimate of drug-likeness (QED) is 0.692. The molecule has 0 spiro atoms. The van der Waals surface area contributed by atoms with E-state index < -0.39 is 0 Å². The van der Waals surface area contributed by atoms with E-state index >= 15 is 0 Å². The molecule has 0 bridgehead atoms. The minimum absolute atomic E-state index is 0.215. The van der Waals surface area contributed by atoms with Gasteiger partial charge in [0.1, 0.15) is 0 Å². The van der Waals surface area contributed by atoms with Gasteiger partial charge in [0.05, 0.1) is 12.7 Å². The molecule has 1 rings (SSSR count). The Kier molecular flexibility index (Phi) is 7.81. The van der Waals surface area contributed by atoms with Gasteiger partial charge in [-0.05, 0) is 25.3 Å². The van der Waals surface area contributed by atoms with E-state index in [9.17, 15) is 0 Å². The Morgan fingerprint density at radius 2 is 2.00 bits per heavy atom. The molecule has 1 unspecified atom stereocenters. The topological polar surface area (TPSA) is 30.5 Å². The van der Waals surface area contributed by atoms with Gasteiger partial charge in [0.2, 0.25) is 0 Å². The van der Waals surface area contributed by atoms with Crippen LogP contribution in [0.4, 0.5) is 0 Å². The smallest absolute Gasteiger partial charge is 0.0932 e. The van der Waals surface area contributed by atoms with Crippen molar-refractivity contribution in [3.8, 4) is 0 Å². The van der Waals surface area contributed by atoms with Crippen molar-refractivity contribution in [2.75, 3.05) is 33.4 Å². The van der Waals surface area contributed by atoms with Gasteiger partial charge in [0.25, 0.3) is 0 Å². The fourth-order valence-electron chi connectivity index (χ4n) is 2.28. The lowest BCUT2D eigenvalue weighted by atomic mass is 9.90. The first-order valence-electron chi connectivity index (χ1n) is 6.68. The predicted octanol–water partition coefficient (Wildman–Crippen LogP) is 2.21. The van der Waals surface area contributed by atoms with E-state index in [0.717, 1.165) is 25.6 Å². The minimum atomic E-state index is 0.215. The van der Waals surface area contributed by atoms with Gasteiger partial charge in [-0.15, -0.1) is 0 Å². The van der Waals surface area contributed by atoms with Gasteiger partial charge in [0.15, 0.2) is 0 Å². The standard InChI is InChI=1S/C13H27NO2/c1-3-14-9-13(11-15-2)16-10-12-7-5-4-6-8-12/h12-14H,3-11H2,1-2H3. The Labute approximate surface area is 99.9 Å². The summed E-state index contributed by atoms with van der Waals surface area (Å²) >= 11 is 0. The molecule has 0 saturated heterocycles. The molecule has 0 aromatic heterocycles. The molecule has 0 radical (unpaired) electrons. The lowest BCUT2D eigenvalue weighted by Crippen LogP contribution is -2.34. The molecular weight excluding hydrogens is 202 g/mol. The van der Waals surface area contributed by atoms with Crippen LogP contribution in [0.1, 0.15) is 39.0 Å². The van der Waals surface area contributed by atoms with E-state index in [1.807, 2.05) is 0 Å². The van der Waals surface area contributed by atoms with E-state index in [1.54, 1.807) is 7.11 Å². The SMILES string of the molecule is CCNCC(COC)OCC1CCCCC1. The zero-order valence-corrected chi connectivity index (χ0v) is 10.8. The summed E-state index contributed by atoms with van der Waals surface area (Å²) in [4.78, 5) is 0. The number of rotatable bonds is 8. The summed E-state index contributed by atoms with van der Waals surface area (Å²) in [6.07, 6.45) is 7.09. The molecule has 1 fully saturated rings. The summed E-state index contributed by atoms with van der Waals surface area (Å²) in [7, 11) is 1.74. The van der Waals surface area contributed by atoms with Crippen molar-refractivity contribution < 1.29 is 9.47 Å². The van der Waals surface area contributed by atoms with Gasteiger partial charge in [-0.2, -0.15) is 0 Å². The van der Waals surface area contributed by atoms with Crippen LogP contribution in [0.2, 0.25) is 0 Å². The van der Waals surface area contributed by atoms with Crippen LogP contribution in [-0.2, 0) is 9.47 Å². The van der Waals surface area contributed by atoms with Gasteiger partial charge < -0.3 is 14.8 Å². The van der Waals surface area contributed by atoms with Crippen LogP contribution in [0.3, 0.4) is 0 Å². The molecule has 1 aliphatic carbocycles.